The van der Waals surface area contributed by atoms with E-state index in [1.165, 1.54) is 6.07 Å². The largest absolute Gasteiger partial charge is 0.434 e. The van der Waals surface area contributed by atoms with Gasteiger partial charge in [0.15, 0.2) is 5.96 Å². The number of nitrogens with zero attached hydrogens (tertiary/aromatic N) is 2. The van der Waals surface area contributed by atoms with Crippen LogP contribution >= 0.6 is 0 Å². The number of ether oxygens (including phenoxy) is 1. The Bertz CT molecular complexity index is 841. The van der Waals surface area contributed by atoms with Crippen LogP contribution in [0.1, 0.15) is 21.5 Å². The highest BCUT2D eigenvalue weighted by atomic mass is 19.3. The molecule has 0 aromatic heterocycles. The molecular formula is C21H26F2N4O2. The van der Waals surface area contributed by atoms with Gasteiger partial charge in [0.2, 0.25) is 0 Å². The number of benzene rings is 2. The third-order valence-electron chi connectivity index (χ3n) is 4.14. The number of hydrogen-bond donors (Lipinski definition) is 2. The molecule has 2 rings (SSSR count). The molecule has 1 amide bonds. The lowest BCUT2D eigenvalue weighted by atomic mass is 10.1. The number of rotatable bonds is 8. The zero-order valence-corrected chi connectivity index (χ0v) is 16.8. The van der Waals surface area contributed by atoms with Crippen molar-refractivity contribution in [2.24, 2.45) is 4.99 Å². The van der Waals surface area contributed by atoms with Gasteiger partial charge < -0.3 is 20.3 Å². The van der Waals surface area contributed by atoms with Crippen LogP contribution in [0, 0.1) is 0 Å². The number of aliphatic imine (C=N–C) groups is 1. The van der Waals surface area contributed by atoms with Crippen LogP contribution in [-0.4, -0.2) is 51.1 Å². The Morgan fingerprint density at radius 3 is 2.59 bits per heavy atom. The molecule has 0 atom stereocenters. The molecule has 0 aliphatic rings. The van der Waals surface area contributed by atoms with Crippen molar-refractivity contribution in [3.63, 3.8) is 0 Å². The number of para-hydroxylation sites is 1. The number of hydrogen-bond acceptors (Lipinski definition) is 3. The first kappa shape index (κ1) is 22.1. The van der Waals surface area contributed by atoms with Gasteiger partial charge in [0.05, 0.1) is 0 Å². The van der Waals surface area contributed by atoms with E-state index in [0.717, 1.165) is 5.56 Å². The molecule has 0 aliphatic heterocycles. The quantitative estimate of drug-likeness (QED) is 0.525. The van der Waals surface area contributed by atoms with Crippen molar-refractivity contribution in [1.29, 1.82) is 0 Å². The van der Waals surface area contributed by atoms with E-state index < -0.39 is 6.61 Å². The van der Waals surface area contributed by atoms with E-state index in [-0.39, 0.29) is 18.2 Å². The molecule has 29 heavy (non-hydrogen) atoms. The van der Waals surface area contributed by atoms with Crippen molar-refractivity contribution in [2.45, 2.75) is 19.6 Å². The third-order valence-corrected chi connectivity index (χ3v) is 4.14. The number of nitrogens with one attached hydrogen (secondary N) is 2. The molecule has 6 nitrogen and oxygen atoms in total. The summed E-state index contributed by atoms with van der Waals surface area (Å²) in [7, 11) is 5.07. The molecular weight excluding hydrogens is 378 g/mol. The maximum Gasteiger partial charge on any atom is 0.387 e. The topological polar surface area (TPSA) is 66.0 Å². The smallest absolute Gasteiger partial charge is 0.387 e. The van der Waals surface area contributed by atoms with Crippen LogP contribution in [0.25, 0.3) is 0 Å². The Balaban J connectivity index is 1.88. The fraction of sp³-hybridized carbons (Fsp3) is 0.333. The summed E-state index contributed by atoms with van der Waals surface area (Å²) in [5, 5.41) is 6.26. The monoisotopic (exact) mass is 404 g/mol. The zero-order valence-electron chi connectivity index (χ0n) is 16.8. The second-order valence-corrected chi connectivity index (χ2v) is 6.49. The van der Waals surface area contributed by atoms with Gasteiger partial charge in [-0.15, -0.1) is 0 Å². The van der Waals surface area contributed by atoms with E-state index in [2.05, 4.69) is 20.4 Å². The van der Waals surface area contributed by atoms with Crippen LogP contribution in [0.15, 0.2) is 53.5 Å². The number of halogens is 2. The molecule has 156 valence electrons. The zero-order chi connectivity index (χ0) is 21.2. The van der Waals surface area contributed by atoms with E-state index in [0.29, 0.717) is 30.1 Å². The Morgan fingerprint density at radius 1 is 1.14 bits per heavy atom. The second-order valence-electron chi connectivity index (χ2n) is 6.49. The van der Waals surface area contributed by atoms with E-state index in [4.69, 9.17) is 0 Å². The standard InChI is InChI=1S/C21H26F2N4O2/c1-24-21(26-14-17-8-4-5-10-18(17)29-20(22)23)25-12-11-15-7-6-9-16(13-15)19(28)27(2)3/h4-10,13,20H,11-12,14H2,1-3H3,(H2,24,25,26). The lowest BCUT2D eigenvalue weighted by Gasteiger charge is -2.15. The van der Waals surface area contributed by atoms with E-state index in [1.54, 1.807) is 50.3 Å². The molecule has 0 saturated carbocycles. The van der Waals surface area contributed by atoms with Gasteiger partial charge >= 0.3 is 6.61 Å². The van der Waals surface area contributed by atoms with E-state index >= 15 is 0 Å². The summed E-state index contributed by atoms with van der Waals surface area (Å²) in [4.78, 5) is 17.7. The predicted molar refractivity (Wildman–Crippen MR) is 109 cm³/mol. The average molecular weight is 404 g/mol. The lowest BCUT2D eigenvalue weighted by molar-refractivity contribution is -0.0504. The molecule has 0 unspecified atom stereocenters. The highest BCUT2D eigenvalue weighted by molar-refractivity contribution is 5.94. The average Bonchev–Trinajstić information content (AvgIpc) is 2.70. The molecule has 2 N–H and O–H groups in total. The van der Waals surface area contributed by atoms with Gasteiger partial charge in [0.1, 0.15) is 5.75 Å². The molecule has 0 aliphatic carbocycles. The first-order chi connectivity index (χ1) is 13.9. The van der Waals surface area contributed by atoms with Crippen LogP contribution in [0.4, 0.5) is 8.78 Å². The molecule has 0 spiro atoms. The van der Waals surface area contributed by atoms with Crippen molar-refractivity contribution in [1.82, 2.24) is 15.5 Å². The van der Waals surface area contributed by atoms with Crippen LogP contribution in [0.5, 0.6) is 5.75 Å². The van der Waals surface area contributed by atoms with Crippen molar-refractivity contribution in [2.75, 3.05) is 27.7 Å². The Labute approximate surface area is 169 Å². The SMILES string of the molecule is CN=C(NCCc1cccc(C(=O)N(C)C)c1)NCc1ccccc1OC(F)F. The van der Waals surface area contributed by atoms with Gasteiger partial charge in [-0.25, -0.2) is 0 Å². The first-order valence-electron chi connectivity index (χ1n) is 9.18. The minimum absolute atomic E-state index is 0.0398. The molecule has 0 fully saturated rings. The third kappa shape index (κ3) is 7.06. The number of alkyl halides is 2. The Morgan fingerprint density at radius 2 is 1.90 bits per heavy atom. The van der Waals surface area contributed by atoms with Crippen molar-refractivity contribution >= 4 is 11.9 Å². The van der Waals surface area contributed by atoms with Gasteiger partial charge in [-0.2, -0.15) is 8.78 Å². The van der Waals surface area contributed by atoms with Crippen LogP contribution in [0.2, 0.25) is 0 Å². The van der Waals surface area contributed by atoms with Gasteiger partial charge in [-0.05, 0) is 30.2 Å². The van der Waals surface area contributed by atoms with Crippen molar-refractivity contribution in [3.8, 4) is 5.75 Å². The summed E-state index contributed by atoms with van der Waals surface area (Å²) in [5.41, 5.74) is 2.27. The number of carbonyl (C=O) groups excluding carboxylic acids is 1. The Hall–Kier alpha value is -3.16. The number of amides is 1. The normalized spacial score (nSPS) is 11.3. The summed E-state index contributed by atoms with van der Waals surface area (Å²) in [6.07, 6.45) is 0.695. The first-order valence-corrected chi connectivity index (χ1v) is 9.18. The summed E-state index contributed by atoms with van der Waals surface area (Å²) >= 11 is 0. The minimum Gasteiger partial charge on any atom is -0.434 e. The van der Waals surface area contributed by atoms with Crippen molar-refractivity contribution < 1.29 is 18.3 Å². The summed E-state index contributed by atoms with van der Waals surface area (Å²) in [6.45, 7) is -1.99. The molecule has 0 bridgehead atoms. The minimum atomic E-state index is -2.87. The summed E-state index contributed by atoms with van der Waals surface area (Å²) < 4.78 is 29.6. The van der Waals surface area contributed by atoms with Crippen LogP contribution < -0.4 is 15.4 Å². The molecule has 2 aromatic carbocycles. The van der Waals surface area contributed by atoms with Crippen molar-refractivity contribution in [3.05, 3.63) is 65.2 Å². The maximum atomic E-state index is 12.5. The molecule has 2 aromatic rings. The number of carbonyl (C=O) groups is 1. The highest BCUT2D eigenvalue weighted by Gasteiger charge is 2.10. The lowest BCUT2D eigenvalue weighted by Crippen LogP contribution is -2.38. The van der Waals surface area contributed by atoms with Gasteiger partial charge in [0.25, 0.3) is 5.91 Å². The fourth-order valence-electron chi connectivity index (χ4n) is 2.70. The molecule has 0 saturated heterocycles. The predicted octanol–water partition coefficient (Wildman–Crippen LogP) is 2.90. The second kappa shape index (κ2) is 11.0. The molecule has 8 heteroatoms. The van der Waals surface area contributed by atoms with Gasteiger partial charge in [-0.1, -0.05) is 30.3 Å². The Kier molecular flexibility index (Phi) is 8.39. The molecule has 0 heterocycles. The van der Waals surface area contributed by atoms with Gasteiger partial charge in [0, 0.05) is 45.4 Å². The fourth-order valence-corrected chi connectivity index (χ4v) is 2.70. The highest BCUT2D eigenvalue weighted by Crippen LogP contribution is 2.19. The van der Waals surface area contributed by atoms with Gasteiger partial charge in [-0.3, -0.25) is 9.79 Å². The maximum absolute atomic E-state index is 12.5. The summed E-state index contributed by atoms with van der Waals surface area (Å²) in [5.74, 6) is 0.632. The van der Waals surface area contributed by atoms with Crippen LogP contribution in [-0.2, 0) is 13.0 Å². The number of guanidine groups is 1. The van der Waals surface area contributed by atoms with Crippen LogP contribution in [0.3, 0.4) is 0 Å². The molecule has 0 radical (unpaired) electrons. The van der Waals surface area contributed by atoms with E-state index in [9.17, 15) is 13.6 Å². The van der Waals surface area contributed by atoms with E-state index in [1.807, 2.05) is 18.2 Å². The summed E-state index contributed by atoms with van der Waals surface area (Å²) in [6, 6.07) is 14.1.